The summed E-state index contributed by atoms with van der Waals surface area (Å²) >= 11 is 0. The second-order valence-electron chi connectivity index (χ2n) is 8.42. The van der Waals surface area contributed by atoms with Crippen LogP contribution in [0.5, 0.6) is 5.75 Å². The number of ether oxygens (including phenoxy) is 1. The Labute approximate surface area is 183 Å². The summed E-state index contributed by atoms with van der Waals surface area (Å²) in [5, 5.41) is 35.0. The van der Waals surface area contributed by atoms with Crippen molar-refractivity contribution < 1.29 is 20.1 Å². The van der Waals surface area contributed by atoms with Gasteiger partial charge >= 0.3 is 0 Å². The molecule has 0 unspecified atom stereocenters. The predicted octanol–water partition coefficient (Wildman–Crippen LogP) is 3.33. The van der Waals surface area contributed by atoms with Crippen molar-refractivity contribution in [1.29, 1.82) is 0 Å². The lowest BCUT2D eigenvalue weighted by Crippen LogP contribution is -2.32. The Kier molecular flexibility index (Phi) is 4.23. The molecule has 8 heteroatoms. The first-order valence-electron chi connectivity index (χ1n) is 10.6. The first-order valence-corrected chi connectivity index (χ1v) is 10.6. The van der Waals surface area contributed by atoms with Crippen molar-refractivity contribution >= 4 is 22.5 Å². The average molecular weight is 430 g/mol. The Hall–Kier alpha value is -3.46. The maximum Gasteiger partial charge on any atom is 0.164 e. The molecule has 4 aromatic rings. The standard InChI is InChI=1S/C24H22N4O4/c29-16-8-6-15(7-9-16)27-21-18-17(14-4-2-1-3-5-14)12-28(22(18)26-13-25-21)23-19(30)20(31)24(32-23)10-11-24/h1-9,12-13,19-20,23,29-31H,10-11H2,(H,25,26,27)/t19-,20+,23-/m1/s1. The summed E-state index contributed by atoms with van der Waals surface area (Å²) in [6.07, 6.45) is 2.09. The van der Waals surface area contributed by atoms with E-state index in [2.05, 4.69) is 15.3 Å². The van der Waals surface area contributed by atoms with Gasteiger partial charge in [-0.2, -0.15) is 0 Å². The summed E-state index contributed by atoms with van der Waals surface area (Å²) in [6, 6.07) is 16.6. The number of rotatable bonds is 4. The van der Waals surface area contributed by atoms with Gasteiger partial charge in [-0.1, -0.05) is 30.3 Å². The summed E-state index contributed by atoms with van der Waals surface area (Å²) < 4.78 is 7.95. The highest BCUT2D eigenvalue weighted by atomic mass is 16.6. The summed E-state index contributed by atoms with van der Waals surface area (Å²) in [7, 11) is 0. The number of phenolic OH excluding ortho intramolecular Hbond substituents is 1. The number of fused-ring (bicyclic) bond motifs is 1. The van der Waals surface area contributed by atoms with E-state index in [0.29, 0.717) is 11.5 Å². The van der Waals surface area contributed by atoms with E-state index >= 15 is 0 Å². The van der Waals surface area contributed by atoms with E-state index < -0.39 is 24.0 Å². The summed E-state index contributed by atoms with van der Waals surface area (Å²) in [5.74, 6) is 0.770. The van der Waals surface area contributed by atoms with E-state index in [9.17, 15) is 15.3 Å². The van der Waals surface area contributed by atoms with E-state index in [1.54, 1.807) is 28.8 Å². The van der Waals surface area contributed by atoms with Gasteiger partial charge in [0.1, 0.15) is 35.7 Å². The third-order valence-corrected chi connectivity index (χ3v) is 6.35. The number of aromatic hydroxyl groups is 1. The molecule has 3 atom stereocenters. The molecule has 8 nitrogen and oxygen atoms in total. The number of hydrogen-bond donors (Lipinski definition) is 4. The lowest BCUT2D eigenvalue weighted by molar-refractivity contribution is -0.0456. The van der Waals surface area contributed by atoms with E-state index in [4.69, 9.17) is 4.74 Å². The molecule has 1 spiro atoms. The molecule has 3 heterocycles. The Bertz CT molecular complexity index is 1280. The van der Waals surface area contributed by atoms with Gasteiger partial charge in [0.05, 0.1) is 11.0 Å². The van der Waals surface area contributed by atoms with Gasteiger partial charge in [0.2, 0.25) is 0 Å². The van der Waals surface area contributed by atoms with Crippen molar-refractivity contribution in [2.75, 3.05) is 5.32 Å². The highest BCUT2D eigenvalue weighted by Crippen LogP contribution is 2.53. The fraction of sp³-hybridized carbons (Fsp3) is 0.250. The summed E-state index contributed by atoms with van der Waals surface area (Å²) in [6.45, 7) is 0. The van der Waals surface area contributed by atoms with Crippen LogP contribution in [0.2, 0.25) is 0 Å². The SMILES string of the molecule is Oc1ccc(Nc2ncnc3c2c(-c2ccccc2)cn3[C@@H]2OC3(CC3)[C@@H](O)[C@H]2O)cc1. The molecular formula is C24H22N4O4. The van der Waals surface area contributed by atoms with Gasteiger partial charge in [-0.15, -0.1) is 0 Å². The quantitative estimate of drug-likeness (QED) is 0.367. The first kappa shape index (κ1) is 19.2. The number of aromatic nitrogens is 3. The van der Waals surface area contributed by atoms with Crippen LogP contribution in [0.1, 0.15) is 19.1 Å². The Balaban J connectivity index is 1.52. The molecule has 1 saturated carbocycles. The zero-order chi connectivity index (χ0) is 21.9. The smallest absolute Gasteiger partial charge is 0.164 e. The minimum atomic E-state index is -1.06. The van der Waals surface area contributed by atoms with Crippen molar-refractivity contribution in [2.24, 2.45) is 0 Å². The molecule has 1 aliphatic carbocycles. The lowest BCUT2D eigenvalue weighted by Gasteiger charge is -2.17. The number of phenols is 1. The number of benzene rings is 2. The molecule has 32 heavy (non-hydrogen) atoms. The van der Waals surface area contributed by atoms with E-state index in [0.717, 1.165) is 35.0 Å². The predicted molar refractivity (Wildman–Crippen MR) is 118 cm³/mol. The molecule has 0 amide bonds. The second-order valence-corrected chi connectivity index (χ2v) is 8.42. The molecule has 2 aromatic carbocycles. The van der Waals surface area contributed by atoms with Crippen molar-refractivity contribution in [3.63, 3.8) is 0 Å². The topological polar surface area (TPSA) is 113 Å². The monoisotopic (exact) mass is 430 g/mol. The van der Waals surface area contributed by atoms with Crippen molar-refractivity contribution in [2.45, 2.75) is 36.9 Å². The van der Waals surface area contributed by atoms with E-state index in [1.165, 1.54) is 6.33 Å². The van der Waals surface area contributed by atoms with Crippen molar-refractivity contribution in [1.82, 2.24) is 14.5 Å². The van der Waals surface area contributed by atoms with Gasteiger partial charge in [0.25, 0.3) is 0 Å². The lowest BCUT2D eigenvalue weighted by atomic mass is 10.1. The molecule has 6 rings (SSSR count). The van der Waals surface area contributed by atoms with Gasteiger partial charge in [0.15, 0.2) is 6.23 Å². The average Bonchev–Trinajstić information content (AvgIpc) is 3.44. The molecule has 2 fully saturated rings. The third-order valence-electron chi connectivity index (χ3n) is 6.35. The van der Waals surface area contributed by atoms with Gasteiger partial charge < -0.3 is 29.9 Å². The van der Waals surface area contributed by atoms with Crippen LogP contribution in [-0.4, -0.2) is 47.7 Å². The fourth-order valence-corrected chi connectivity index (χ4v) is 4.50. The number of aliphatic hydroxyl groups is 2. The van der Waals surface area contributed by atoms with Gasteiger partial charge in [-0.05, 0) is 42.7 Å². The number of nitrogens with zero attached hydrogens (tertiary/aromatic N) is 3. The van der Waals surface area contributed by atoms with Crippen LogP contribution in [-0.2, 0) is 4.74 Å². The number of nitrogens with one attached hydrogen (secondary N) is 1. The van der Waals surface area contributed by atoms with Gasteiger partial charge in [0, 0.05) is 17.4 Å². The van der Waals surface area contributed by atoms with Crippen LogP contribution in [0, 0.1) is 0 Å². The third kappa shape index (κ3) is 2.96. The Morgan fingerprint density at radius 2 is 1.75 bits per heavy atom. The van der Waals surface area contributed by atoms with Crippen LogP contribution in [0.4, 0.5) is 11.5 Å². The fourth-order valence-electron chi connectivity index (χ4n) is 4.50. The molecule has 1 aliphatic heterocycles. The molecule has 0 radical (unpaired) electrons. The van der Waals surface area contributed by atoms with Crippen LogP contribution in [0.15, 0.2) is 67.1 Å². The molecule has 1 saturated heterocycles. The van der Waals surface area contributed by atoms with Gasteiger partial charge in [-0.25, -0.2) is 9.97 Å². The second kappa shape index (κ2) is 7.03. The minimum Gasteiger partial charge on any atom is -0.508 e. The van der Waals surface area contributed by atoms with Crippen molar-refractivity contribution in [3.8, 4) is 16.9 Å². The van der Waals surface area contributed by atoms with E-state index in [-0.39, 0.29) is 5.75 Å². The molecule has 162 valence electrons. The zero-order valence-electron chi connectivity index (χ0n) is 17.1. The van der Waals surface area contributed by atoms with Crippen molar-refractivity contribution in [3.05, 3.63) is 67.1 Å². The maximum atomic E-state index is 10.8. The molecule has 4 N–H and O–H groups in total. The zero-order valence-corrected chi connectivity index (χ0v) is 17.1. The van der Waals surface area contributed by atoms with Crippen LogP contribution < -0.4 is 5.32 Å². The van der Waals surface area contributed by atoms with Crippen LogP contribution >= 0.6 is 0 Å². The summed E-state index contributed by atoms with van der Waals surface area (Å²) in [5.41, 5.74) is 2.54. The van der Waals surface area contributed by atoms with E-state index in [1.807, 2.05) is 36.5 Å². The maximum absolute atomic E-state index is 10.8. The normalized spacial score (nSPS) is 23.6. The molecular weight excluding hydrogens is 408 g/mol. The van der Waals surface area contributed by atoms with Crippen LogP contribution in [0.3, 0.4) is 0 Å². The summed E-state index contributed by atoms with van der Waals surface area (Å²) in [4.78, 5) is 8.99. The Morgan fingerprint density at radius 3 is 2.44 bits per heavy atom. The molecule has 2 aromatic heterocycles. The number of hydrogen-bond acceptors (Lipinski definition) is 7. The highest BCUT2D eigenvalue weighted by Gasteiger charge is 2.62. The van der Waals surface area contributed by atoms with Gasteiger partial charge in [-0.3, -0.25) is 0 Å². The number of anilines is 2. The van der Waals surface area contributed by atoms with Crippen LogP contribution in [0.25, 0.3) is 22.2 Å². The Morgan fingerprint density at radius 1 is 1.00 bits per heavy atom. The number of aliphatic hydroxyl groups excluding tert-OH is 2. The molecule has 2 aliphatic rings. The first-order chi connectivity index (χ1) is 15.6. The highest BCUT2D eigenvalue weighted by molar-refractivity contribution is 6.02. The minimum absolute atomic E-state index is 0.180. The molecule has 0 bridgehead atoms. The largest absolute Gasteiger partial charge is 0.508 e.